The molecule has 0 N–H and O–H groups in total. The number of hydrogen-bond acceptors (Lipinski definition) is 8. The SMILES string of the molecule is Cc1noc(C(C)N2CCN(Cc3nc(C(C)C)no3)CC2)n1. The Morgan fingerprint density at radius 1 is 1.00 bits per heavy atom. The molecule has 0 spiro atoms. The van der Waals surface area contributed by atoms with Gasteiger partial charge < -0.3 is 9.05 Å². The van der Waals surface area contributed by atoms with Gasteiger partial charge in [-0.25, -0.2) is 0 Å². The number of hydrogen-bond donors (Lipinski definition) is 0. The molecule has 8 heteroatoms. The van der Waals surface area contributed by atoms with Gasteiger partial charge in [-0.05, 0) is 13.8 Å². The highest BCUT2D eigenvalue weighted by Gasteiger charge is 2.26. The van der Waals surface area contributed by atoms with Crippen LogP contribution in [-0.4, -0.2) is 56.3 Å². The average molecular weight is 320 g/mol. The smallest absolute Gasteiger partial charge is 0.243 e. The minimum Gasteiger partial charge on any atom is -0.338 e. The maximum absolute atomic E-state index is 5.33. The predicted octanol–water partition coefficient (Wildman–Crippen LogP) is 1.76. The lowest BCUT2D eigenvalue weighted by atomic mass is 10.2. The summed E-state index contributed by atoms with van der Waals surface area (Å²) < 4.78 is 10.6. The standard InChI is InChI=1S/C15H24N6O2/c1-10(2)14-17-13(22-19-14)9-20-5-7-21(8-6-20)11(3)15-16-12(4)18-23-15/h10-11H,5-9H2,1-4H3. The predicted molar refractivity (Wildman–Crippen MR) is 82.7 cm³/mol. The molecule has 0 radical (unpaired) electrons. The molecule has 0 aromatic carbocycles. The van der Waals surface area contributed by atoms with E-state index in [1.807, 2.05) is 6.92 Å². The van der Waals surface area contributed by atoms with Gasteiger partial charge in [-0.2, -0.15) is 9.97 Å². The van der Waals surface area contributed by atoms with Crippen LogP contribution in [0.15, 0.2) is 9.05 Å². The van der Waals surface area contributed by atoms with Crippen LogP contribution >= 0.6 is 0 Å². The van der Waals surface area contributed by atoms with Crippen LogP contribution in [0.4, 0.5) is 0 Å². The van der Waals surface area contributed by atoms with Crippen molar-refractivity contribution in [3.63, 3.8) is 0 Å². The van der Waals surface area contributed by atoms with Gasteiger partial charge in [0.05, 0.1) is 12.6 Å². The first-order valence-electron chi connectivity index (χ1n) is 8.12. The summed E-state index contributed by atoms with van der Waals surface area (Å²) in [7, 11) is 0. The lowest BCUT2D eigenvalue weighted by Gasteiger charge is -2.36. The fourth-order valence-electron chi connectivity index (χ4n) is 2.71. The molecule has 0 bridgehead atoms. The Morgan fingerprint density at radius 2 is 1.74 bits per heavy atom. The highest BCUT2D eigenvalue weighted by atomic mass is 16.5. The van der Waals surface area contributed by atoms with Crippen LogP contribution in [0.5, 0.6) is 0 Å². The molecule has 23 heavy (non-hydrogen) atoms. The van der Waals surface area contributed by atoms with Gasteiger partial charge in [0.15, 0.2) is 11.6 Å². The average Bonchev–Trinajstić information content (AvgIpc) is 3.16. The van der Waals surface area contributed by atoms with Crippen molar-refractivity contribution < 1.29 is 9.05 Å². The van der Waals surface area contributed by atoms with E-state index >= 15 is 0 Å². The topological polar surface area (TPSA) is 84.3 Å². The summed E-state index contributed by atoms with van der Waals surface area (Å²) in [5, 5.41) is 7.88. The maximum Gasteiger partial charge on any atom is 0.243 e. The van der Waals surface area contributed by atoms with Gasteiger partial charge >= 0.3 is 0 Å². The van der Waals surface area contributed by atoms with Crippen LogP contribution in [-0.2, 0) is 6.54 Å². The molecule has 1 fully saturated rings. The van der Waals surface area contributed by atoms with Crippen LogP contribution in [0.3, 0.4) is 0 Å². The highest BCUT2D eigenvalue weighted by Crippen LogP contribution is 2.20. The molecule has 2 aromatic heterocycles. The summed E-state index contributed by atoms with van der Waals surface area (Å²) in [6, 6.07) is 0.147. The maximum atomic E-state index is 5.33. The Morgan fingerprint density at radius 3 is 2.30 bits per heavy atom. The lowest BCUT2D eigenvalue weighted by molar-refractivity contribution is 0.0785. The molecule has 3 heterocycles. The van der Waals surface area contributed by atoms with Gasteiger partial charge in [-0.1, -0.05) is 24.2 Å². The van der Waals surface area contributed by atoms with Crippen molar-refractivity contribution in [1.82, 2.24) is 30.1 Å². The van der Waals surface area contributed by atoms with Gasteiger partial charge in [0.2, 0.25) is 11.8 Å². The van der Waals surface area contributed by atoms with E-state index in [0.717, 1.165) is 32.0 Å². The molecular weight excluding hydrogens is 296 g/mol. The zero-order valence-corrected chi connectivity index (χ0v) is 14.2. The summed E-state index contributed by atoms with van der Waals surface area (Å²) in [4.78, 5) is 13.5. The fraction of sp³-hybridized carbons (Fsp3) is 0.733. The fourth-order valence-corrected chi connectivity index (χ4v) is 2.71. The minimum absolute atomic E-state index is 0.147. The summed E-state index contributed by atoms with van der Waals surface area (Å²) in [6.45, 7) is 12.6. The van der Waals surface area contributed by atoms with Crippen molar-refractivity contribution >= 4 is 0 Å². The molecule has 126 valence electrons. The Hall–Kier alpha value is -1.80. The van der Waals surface area contributed by atoms with Crippen molar-refractivity contribution in [2.45, 2.75) is 46.2 Å². The van der Waals surface area contributed by atoms with Crippen LogP contribution in [0.25, 0.3) is 0 Å². The van der Waals surface area contributed by atoms with Crippen LogP contribution in [0.1, 0.15) is 56.2 Å². The molecule has 8 nitrogen and oxygen atoms in total. The molecule has 1 saturated heterocycles. The molecule has 1 aliphatic heterocycles. The van der Waals surface area contributed by atoms with E-state index in [4.69, 9.17) is 9.05 Å². The summed E-state index contributed by atoms with van der Waals surface area (Å²) in [5.41, 5.74) is 0. The third-order valence-electron chi connectivity index (χ3n) is 4.21. The first-order valence-corrected chi connectivity index (χ1v) is 8.12. The monoisotopic (exact) mass is 320 g/mol. The molecule has 1 aliphatic rings. The van der Waals surface area contributed by atoms with Gasteiger partial charge in [0, 0.05) is 32.1 Å². The quantitative estimate of drug-likeness (QED) is 0.824. The van der Waals surface area contributed by atoms with Crippen LogP contribution < -0.4 is 0 Å². The first-order chi connectivity index (χ1) is 11.0. The van der Waals surface area contributed by atoms with Gasteiger partial charge in [-0.3, -0.25) is 9.80 Å². The lowest BCUT2D eigenvalue weighted by Crippen LogP contribution is -2.46. The van der Waals surface area contributed by atoms with E-state index in [2.05, 4.69) is 50.9 Å². The normalized spacial score (nSPS) is 18.7. The second-order valence-corrected chi connectivity index (χ2v) is 6.37. The van der Waals surface area contributed by atoms with Crippen molar-refractivity contribution in [3.05, 3.63) is 23.4 Å². The van der Waals surface area contributed by atoms with Gasteiger partial charge in [0.1, 0.15) is 0 Å². The molecule has 0 amide bonds. The third kappa shape index (κ3) is 3.76. The zero-order chi connectivity index (χ0) is 16.4. The number of piperazine rings is 1. The number of rotatable bonds is 5. The molecule has 1 atom stereocenters. The van der Waals surface area contributed by atoms with Crippen molar-refractivity contribution in [3.8, 4) is 0 Å². The van der Waals surface area contributed by atoms with Gasteiger partial charge in [0.25, 0.3) is 0 Å². The Kier molecular flexibility index (Phi) is 4.72. The largest absolute Gasteiger partial charge is 0.338 e. The van der Waals surface area contributed by atoms with Crippen LogP contribution in [0, 0.1) is 6.92 Å². The Balaban J connectivity index is 1.51. The Labute approximate surface area is 135 Å². The van der Waals surface area contributed by atoms with Crippen LogP contribution in [0.2, 0.25) is 0 Å². The second kappa shape index (κ2) is 6.76. The number of nitrogens with zero attached hydrogens (tertiary/aromatic N) is 6. The number of aromatic nitrogens is 4. The minimum atomic E-state index is 0.147. The molecule has 2 aromatic rings. The van der Waals surface area contributed by atoms with E-state index in [9.17, 15) is 0 Å². The Bertz CT molecular complexity index is 629. The molecule has 0 saturated carbocycles. The van der Waals surface area contributed by atoms with Crippen molar-refractivity contribution in [2.24, 2.45) is 0 Å². The number of aryl methyl sites for hydroxylation is 1. The first kappa shape index (κ1) is 16.1. The molecular formula is C15H24N6O2. The molecule has 3 rings (SSSR count). The summed E-state index contributed by atoms with van der Waals surface area (Å²) in [5.74, 6) is 3.14. The van der Waals surface area contributed by atoms with Crippen molar-refractivity contribution in [2.75, 3.05) is 26.2 Å². The summed E-state index contributed by atoms with van der Waals surface area (Å²) >= 11 is 0. The zero-order valence-electron chi connectivity index (χ0n) is 14.2. The summed E-state index contributed by atoms with van der Waals surface area (Å²) in [6.07, 6.45) is 0. The molecule has 1 unspecified atom stereocenters. The van der Waals surface area contributed by atoms with E-state index in [1.165, 1.54) is 0 Å². The van der Waals surface area contributed by atoms with E-state index < -0.39 is 0 Å². The second-order valence-electron chi connectivity index (χ2n) is 6.37. The van der Waals surface area contributed by atoms with E-state index in [-0.39, 0.29) is 6.04 Å². The third-order valence-corrected chi connectivity index (χ3v) is 4.21. The van der Waals surface area contributed by atoms with Crippen molar-refractivity contribution in [1.29, 1.82) is 0 Å². The van der Waals surface area contributed by atoms with E-state index in [0.29, 0.717) is 30.1 Å². The highest BCUT2D eigenvalue weighted by molar-refractivity contribution is 4.94. The van der Waals surface area contributed by atoms with E-state index in [1.54, 1.807) is 0 Å². The molecule has 0 aliphatic carbocycles. The van der Waals surface area contributed by atoms with Gasteiger partial charge in [-0.15, -0.1) is 0 Å².